The lowest BCUT2D eigenvalue weighted by Crippen LogP contribution is -2.23. The highest BCUT2D eigenvalue weighted by atomic mass is 32.1. The minimum Gasteiger partial charge on any atom is -0.492 e. The molecule has 0 radical (unpaired) electrons. The lowest BCUT2D eigenvalue weighted by atomic mass is 10.2. The van der Waals surface area contributed by atoms with Crippen LogP contribution in [0.3, 0.4) is 0 Å². The summed E-state index contributed by atoms with van der Waals surface area (Å²) in [4.78, 5) is 5.75. The summed E-state index contributed by atoms with van der Waals surface area (Å²) in [7, 11) is 0. The molecule has 108 valence electrons. The van der Waals surface area contributed by atoms with E-state index in [-0.39, 0.29) is 0 Å². The number of ether oxygens (including phenoxy) is 1. The first-order valence-electron chi connectivity index (χ1n) is 7.13. The van der Waals surface area contributed by atoms with E-state index in [0.29, 0.717) is 6.61 Å². The lowest BCUT2D eigenvalue weighted by Gasteiger charge is -2.09. The first-order valence-corrected chi connectivity index (χ1v) is 8.01. The molecular weight excluding hydrogens is 280 g/mol. The third-order valence-electron chi connectivity index (χ3n) is 3.27. The van der Waals surface area contributed by atoms with Crippen LogP contribution in [0.1, 0.15) is 4.88 Å². The van der Waals surface area contributed by atoms with Crippen molar-refractivity contribution in [3.63, 3.8) is 0 Å². The van der Waals surface area contributed by atoms with E-state index in [1.807, 2.05) is 30.3 Å². The quantitative estimate of drug-likeness (QED) is 0.678. The summed E-state index contributed by atoms with van der Waals surface area (Å²) in [5, 5.41) is 6.59. The average molecular weight is 298 g/mol. The van der Waals surface area contributed by atoms with Crippen molar-refractivity contribution in [3.8, 4) is 5.75 Å². The van der Waals surface area contributed by atoms with Gasteiger partial charge in [0.25, 0.3) is 0 Å². The van der Waals surface area contributed by atoms with Crippen LogP contribution >= 0.6 is 11.3 Å². The van der Waals surface area contributed by atoms with Gasteiger partial charge in [-0.15, -0.1) is 11.3 Å². The number of rotatable bonds is 7. The maximum absolute atomic E-state index is 5.86. The van der Waals surface area contributed by atoms with Gasteiger partial charge in [0.2, 0.25) is 0 Å². The van der Waals surface area contributed by atoms with Crippen LogP contribution in [0.15, 0.2) is 54.0 Å². The molecule has 0 unspecified atom stereocenters. The molecule has 0 atom stereocenters. The summed E-state index contributed by atoms with van der Waals surface area (Å²) in [5.74, 6) is 0.903. The molecule has 3 rings (SSSR count). The van der Waals surface area contributed by atoms with Crippen LogP contribution in [-0.2, 0) is 6.42 Å². The maximum Gasteiger partial charge on any atom is 0.128 e. The molecule has 0 bridgehead atoms. The Labute approximate surface area is 128 Å². The number of nitrogens with zero attached hydrogens (tertiary/aromatic N) is 1. The van der Waals surface area contributed by atoms with Gasteiger partial charge in [-0.1, -0.05) is 12.1 Å². The Morgan fingerprint density at radius 3 is 2.95 bits per heavy atom. The maximum atomic E-state index is 5.86. The number of aromatic nitrogens is 1. The fourth-order valence-electron chi connectivity index (χ4n) is 2.23. The predicted molar refractivity (Wildman–Crippen MR) is 88.1 cm³/mol. The van der Waals surface area contributed by atoms with Gasteiger partial charge in [0.15, 0.2) is 0 Å². The first kappa shape index (κ1) is 14.0. The molecule has 0 saturated heterocycles. The van der Waals surface area contributed by atoms with Crippen molar-refractivity contribution < 1.29 is 4.74 Å². The van der Waals surface area contributed by atoms with E-state index in [1.165, 1.54) is 4.88 Å². The van der Waals surface area contributed by atoms with Gasteiger partial charge in [0, 0.05) is 29.5 Å². The fraction of sp³-hybridized carbons (Fsp3) is 0.235. The molecule has 2 aromatic heterocycles. The van der Waals surface area contributed by atoms with Crippen LogP contribution < -0.4 is 10.1 Å². The van der Waals surface area contributed by atoms with Gasteiger partial charge >= 0.3 is 0 Å². The third kappa shape index (κ3) is 3.80. The molecule has 3 nitrogen and oxygen atoms in total. The Bertz CT molecular complexity index is 677. The van der Waals surface area contributed by atoms with E-state index in [9.17, 15) is 0 Å². The van der Waals surface area contributed by atoms with Crippen molar-refractivity contribution in [3.05, 3.63) is 58.9 Å². The zero-order valence-corrected chi connectivity index (χ0v) is 12.6. The molecule has 0 aliphatic heterocycles. The van der Waals surface area contributed by atoms with Crippen LogP contribution in [0.5, 0.6) is 5.75 Å². The number of nitrogens with one attached hydrogen (secondary N) is 1. The molecule has 1 N–H and O–H groups in total. The molecule has 3 aromatic rings. The van der Waals surface area contributed by atoms with Gasteiger partial charge in [0.05, 0.1) is 5.52 Å². The van der Waals surface area contributed by atoms with Gasteiger partial charge in [-0.25, -0.2) is 0 Å². The number of thiophene rings is 1. The molecule has 0 aliphatic rings. The summed E-state index contributed by atoms with van der Waals surface area (Å²) in [6.45, 7) is 2.50. The van der Waals surface area contributed by atoms with Gasteiger partial charge in [-0.05, 0) is 42.1 Å². The molecule has 1 aromatic carbocycles. The average Bonchev–Trinajstić information content (AvgIpc) is 3.04. The predicted octanol–water partition coefficient (Wildman–Crippen LogP) is 3.51. The molecule has 2 heterocycles. The topological polar surface area (TPSA) is 34.1 Å². The van der Waals surface area contributed by atoms with E-state index < -0.39 is 0 Å². The van der Waals surface area contributed by atoms with E-state index >= 15 is 0 Å². The molecule has 0 spiro atoms. The van der Waals surface area contributed by atoms with E-state index in [4.69, 9.17) is 4.74 Å². The van der Waals surface area contributed by atoms with Gasteiger partial charge in [-0.2, -0.15) is 0 Å². The number of hydrogen-bond acceptors (Lipinski definition) is 4. The van der Waals surface area contributed by atoms with Crippen LogP contribution in [0.4, 0.5) is 0 Å². The highest BCUT2D eigenvalue weighted by Crippen LogP contribution is 2.23. The summed E-state index contributed by atoms with van der Waals surface area (Å²) in [6, 6.07) is 14.2. The van der Waals surface area contributed by atoms with E-state index in [2.05, 4.69) is 27.8 Å². The molecule has 0 amide bonds. The molecule has 0 saturated carbocycles. The Morgan fingerprint density at radius 1 is 1.05 bits per heavy atom. The first-order chi connectivity index (χ1) is 10.4. The Balaban J connectivity index is 1.44. The summed E-state index contributed by atoms with van der Waals surface area (Å²) in [5.41, 5.74) is 0.973. The number of fused-ring (bicyclic) bond motifs is 1. The molecule has 21 heavy (non-hydrogen) atoms. The zero-order valence-electron chi connectivity index (χ0n) is 11.8. The van der Waals surface area contributed by atoms with Crippen LogP contribution in [0, 0.1) is 0 Å². The summed E-state index contributed by atoms with van der Waals surface area (Å²) in [6.07, 6.45) is 2.88. The van der Waals surface area contributed by atoms with Crippen molar-refractivity contribution in [2.45, 2.75) is 6.42 Å². The monoisotopic (exact) mass is 298 g/mol. The minimum absolute atomic E-state index is 0.665. The molecular formula is C17H18N2OS. The lowest BCUT2D eigenvalue weighted by molar-refractivity contribution is 0.318. The van der Waals surface area contributed by atoms with Crippen molar-refractivity contribution in [2.24, 2.45) is 0 Å². The Morgan fingerprint density at radius 2 is 2.05 bits per heavy atom. The Hall–Kier alpha value is -1.91. The summed E-state index contributed by atoms with van der Waals surface area (Å²) < 4.78 is 5.86. The standard InChI is InChI=1S/C17H18N2OS/c1-6-16-15(5-2-9-19-16)17(7-1)20-12-11-18-10-8-14-4-3-13-21-14/h1-7,9,13,18H,8,10-12H2. The smallest absolute Gasteiger partial charge is 0.128 e. The summed E-state index contributed by atoms with van der Waals surface area (Å²) >= 11 is 1.81. The van der Waals surface area contributed by atoms with Crippen LogP contribution in [0.2, 0.25) is 0 Å². The third-order valence-corrected chi connectivity index (χ3v) is 4.21. The zero-order chi connectivity index (χ0) is 14.3. The molecule has 0 fully saturated rings. The number of benzene rings is 1. The van der Waals surface area contributed by atoms with Crippen molar-refractivity contribution in [1.29, 1.82) is 0 Å². The SMILES string of the molecule is c1csc(CCNCCOc2cccc3ncccc23)c1. The van der Waals surface area contributed by atoms with Crippen molar-refractivity contribution in [2.75, 3.05) is 19.7 Å². The van der Waals surface area contributed by atoms with Crippen molar-refractivity contribution in [1.82, 2.24) is 10.3 Å². The second kappa shape index (κ2) is 7.20. The van der Waals surface area contributed by atoms with Crippen LogP contribution in [0.25, 0.3) is 10.9 Å². The molecule has 4 heteroatoms. The van der Waals surface area contributed by atoms with E-state index in [0.717, 1.165) is 36.2 Å². The highest BCUT2D eigenvalue weighted by molar-refractivity contribution is 7.09. The number of pyridine rings is 1. The van der Waals surface area contributed by atoms with Gasteiger partial charge < -0.3 is 10.1 Å². The van der Waals surface area contributed by atoms with Gasteiger partial charge in [-0.3, -0.25) is 4.98 Å². The normalized spacial score (nSPS) is 10.9. The number of hydrogen-bond donors (Lipinski definition) is 1. The Kier molecular flexibility index (Phi) is 4.82. The van der Waals surface area contributed by atoms with Gasteiger partial charge in [0.1, 0.15) is 12.4 Å². The largest absolute Gasteiger partial charge is 0.492 e. The highest BCUT2D eigenvalue weighted by Gasteiger charge is 2.01. The second-order valence-electron chi connectivity index (χ2n) is 4.75. The molecule has 0 aliphatic carbocycles. The van der Waals surface area contributed by atoms with Crippen LogP contribution in [-0.4, -0.2) is 24.7 Å². The minimum atomic E-state index is 0.665. The fourth-order valence-corrected chi connectivity index (χ4v) is 2.93. The second-order valence-corrected chi connectivity index (χ2v) is 5.79. The van der Waals surface area contributed by atoms with Crippen molar-refractivity contribution >= 4 is 22.2 Å². The van der Waals surface area contributed by atoms with E-state index in [1.54, 1.807) is 17.5 Å².